The molecule has 1 rings (SSSR count). The number of hydrogen-bond acceptors (Lipinski definition) is 5. The summed E-state index contributed by atoms with van der Waals surface area (Å²) in [5.74, 6) is -1.87. The van der Waals surface area contributed by atoms with Gasteiger partial charge in [0.05, 0.1) is 11.6 Å². The van der Waals surface area contributed by atoms with E-state index in [0.717, 1.165) is 0 Å². The molecule has 1 aliphatic rings. The molecular formula is C10H11ClN2O4. The number of nitrogens with one attached hydrogen (secondary N) is 1. The third-order valence-electron chi connectivity index (χ3n) is 1.93. The van der Waals surface area contributed by atoms with Crippen molar-refractivity contribution in [3.63, 3.8) is 0 Å². The van der Waals surface area contributed by atoms with Crippen LogP contribution in [-0.4, -0.2) is 36.6 Å². The molecule has 0 fully saturated rings. The molecule has 0 aromatic heterocycles. The number of hydrogen-bond donors (Lipinski definition) is 1. The van der Waals surface area contributed by atoms with Crippen LogP contribution in [0, 0.1) is 0 Å². The summed E-state index contributed by atoms with van der Waals surface area (Å²) in [6.07, 6.45) is 0. The predicted molar refractivity (Wildman–Crippen MR) is 60.6 cm³/mol. The molecule has 0 bridgehead atoms. The molecule has 6 nitrogen and oxygen atoms in total. The maximum atomic E-state index is 11.6. The van der Waals surface area contributed by atoms with E-state index in [1.54, 1.807) is 6.92 Å². The molecule has 0 aliphatic carbocycles. The van der Waals surface area contributed by atoms with Gasteiger partial charge in [-0.2, -0.15) is 0 Å². The molecule has 7 heteroatoms. The molecule has 0 aromatic rings. The van der Waals surface area contributed by atoms with E-state index in [1.165, 1.54) is 6.92 Å². The fourth-order valence-electron chi connectivity index (χ4n) is 1.07. The second kappa shape index (κ2) is 5.58. The highest BCUT2D eigenvalue weighted by molar-refractivity contribution is 6.60. The number of Topliss-reactive ketones (excluding diaryl/α,β-unsaturated/α-hetero) is 1. The fraction of sp³-hybridized carbons (Fsp3) is 0.400. The summed E-state index contributed by atoms with van der Waals surface area (Å²) < 4.78 is 4.47. The van der Waals surface area contributed by atoms with Crippen molar-refractivity contribution in [3.05, 3.63) is 10.6 Å². The summed E-state index contributed by atoms with van der Waals surface area (Å²) in [6, 6.07) is 0. The van der Waals surface area contributed by atoms with E-state index >= 15 is 0 Å². The Morgan fingerprint density at radius 2 is 2.18 bits per heavy atom. The van der Waals surface area contributed by atoms with Gasteiger partial charge in [0.1, 0.15) is 0 Å². The number of amides is 1. The van der Waals surface area contributed by atoms with Crippen molar-refractivity contribution in [2.24, 2.45) is 4.99 Å². The second-order valence-electron chi connectivity index (χ2n) is 3.42. The van der Waals surface area contributed by atoms with Crippen LogP contribution in [0.3, 0.4) is 0 Å². The Morgan fingerprint density at radius 3 is 2.76 bits per heavy atom. The second-order valence-corrected chi connectivity index (χ2v) is 3.79. The molecule has 0 unspecified atom stereocenters. The minimum atomic E-state index is -0.628. The van der Waals surface area contributed by atoms with Crippen molar-refractivity contribution in [2.75, 3.05) is 13.2 Å². The number of dihydropyridines is 1. The predicted octanol–water partition coefficient (Wildman–Crippen LogP) is 0.160. The van der Waals surface area contributed by atoms with Gasteiger partial charge in [-0.05, 0) is 12.5 Å². The maximum absolute atomic E-state index is 11.6. The SMILES string of the molecule is CC(=O)OCC(=O)NC1=NCC(C)=C(Cl)C1=O. The Balaban J connectivity index is 2.57. The lowest BCUT2D eigenvalue weighted by atomic mass is 10.1. The smallest absolute Gasteiger partial charge is 0.303 e. The summed E-state index contributed by atoms with van der Waals surface area (Å²) in [6.45, 7) is 2.66. The van der Waals surface area contributed by atoms with Crippen molar-refractivity contribution in [1.29, 1.82) is 0 Å². The molecule has 1 heterocycles. The van der Waals surface area contributed by atoms with Crippen LogP contribution in [0.2, 0.25) is 0 Å². The number of esters is 1. The van der Waals surface area contributed by atoms with Gasteiger partial charge >= 0.3 is 5.97 Å². The van der Waals surface area contributed by atoms with E-state index in [0.29, 0.717) is 5.57 Å². The highest BCUT2D eigenvalue weighted by Gasteiger charge is 2.23. The Morgan fingerprint density at radius 1 is 1.53 bits per heavy atom. The van der Waals surface area contributed by atoms with Crippen molar-refractivity contribution in [1.82, 2.24) is 5.32 Å². The van der Waals surface area contributed by atoms with E-state index in [4.69, 9.17) is 11.6 Å². The van der Waals surface area contributed by atoms with E-state index in [9.17, 15) is 14.4 Å². The minimum Gasteiger partial charge on any atom is -0.456 e. The van der Waals surface area contributed by atoms with Crippen LogP contribution in [0.15, 0.2) is 15.6 Å². The van der Waals surface area contributed by atoms with Crippen molar-refractivity contribution in [2.45, 2.75) is 13.8 Å². The lowest BCUT2D eigenvalue weighted by molar-refractivity contribution is -0.145. The first-order valence-electron chi connectivity index (χ1n) is 4.79. The molecule has 0 radical (unpaired) electrons. The van der Waals surface area contributed by atoms with Gasteiger partial charge in [0.25, 0.3) is 5.91 Å². The number of carbonyl (C=O) groups excluding carboxylic acids is 3. The number of ether oxygens (including phenoxy) is 1. The van der Waals surface area contributed by atoms with Crippen LogP contribution in [0.5, 0.6) is 0 Å². The fourth-order valence-corrected chi connectivity index (χ4v) is 1.22. The van der Waals surface area contributed by atoms with Gasteiger partial charge in [-0.3, -0.25) is 19.4 Å². The van der Waals surface area contributed by atoms with Gasteiger partial charge in [-0.1, -0.05) is 11.6 Å². The summed E-state index contributed by atoms with van der Waals surface area (Å²) in [4.78, 5) is 37.2. The molecule has 0 saturated carbocycles. The van der Waals surface area contributed by atoms with Gasteiger partial charge in [0, 0.05) is 6.92 Å². The third-order valence-corrected chi connectivity index (χ3v) is 2.42. The zero-order chi connectivity index (χ0) is 13.0. The Labute approximate surface area is 103 Å². The first-order valence-corrected chi connectivity index (χ1v) is 5.17. The number of rotatable bonds is 2. The lowest BCUT2D eigenvalue weighted by Crippen LogP contribution is -2.40. The van der Waals surface area contributed by atoms with Gasteiger partial charge in [0.15, 0.2) is 12.4 Å². The lowest BCUT2D eigenvalue weighted by Gasteiger charge is -2.13. The highest BCUT2D eigenvalue weighted by Crippen LogP contribution is 2.15. The van der Waals surface area contributed by atoms with Crippen LogP contribution in [-0.2, 0) is 19.1 Å². The molecule has 92 valence electrons. The zero-order valence-electron chi connectivity index (χ0n) is 9.37. The maximum Gasteiger partial charge on any atom is 0.303 e. The highest BCUT2D eigenvalue weighted by atomic mass is 35.5. The average molecular weight is 259 g/mol. The molecule has 0 saturated heterocycles. The van der Waals surface area contributed by atoms with Gasteiger partial charge in [-0.25, -0.2) is 0 Å². The van der Waals surface area contributed by atoms with Crippen molar-refractivity contribution >= 4 is 35.1 Å². The third kappa shape index (κ3) is 3.67. The number of carbonyl (C=O) groups is 3. The van der Waals surface area contributed by atoms with Gasteiger partial charge in [-0.15, -0.1) is 0 Å². The molecule has 0 aromatic carbocycles. The summed E-state index contributed by atoms with van der Waals surface area (Å²) in [7, 11) is 0. The number of ketones is 1. The van der Waals surface area contributed by atoms with Crippen LogP contribution in [0.1, 0.15) is 13.8 Å². The zero-order valence-corrected chi connectivity index (χ0v) is 10.1. The molecule has 0 spiro atoms. The molecule has 1 amide bonds. The van der Waals surface area contributed by atoms with Crippen LogP contribution >= 0.6 is 11.6 Å². The van der Waals surface area contributed by atoms with Gasteiger partial charge in [0.2, 0.25) is 5.78 Å². The minimum absolute atomic E-state index is 0.0581. The Kier molecular flexibility index (Phi) is 4.39. The summed E-state index contributed by atoms with van der Waals surface area (Å²) in [5, 5.41) is 2.30. The monoisotopic (exact) mass is 258 g/mol. The summed E-state index contributed by atoms with van der Waals surface area (Å²) >= 11 is 5.74. The van der Waals surface area contributed by atoms with Crippen LogP contribution < -0.4 is 5.32 Å². The first-order chi connectivity index (χ1) is 7.91. The molecule has 1 N–H and O–H groups in total. The first kappa shape index (κ1) is 13.4. The summed E-state index contributed by atoms with van der Waals surface area (Å²) in [5.41, 5.74) is 0.648. The van der Waals surface area contributed by atoms with Crippen LogP contribution in [0.25, 0.3) is 0 Å². The van der Waals surface area contributed by atoms with E-state index in [2.05, 4.69) is 15.0 Å². The van der Waals surface area contributed by atoms with Crippen molar-refractivity contribution in [3.8, 4) is 0 Å². The van der Waals surface area contributed by atoms with E-state index < -0.39 is 24.3 Å². The standard InChI is InChI=1S/C10H11ClN2O4/c1-5-3-12-10(9(16)8(5)11)13-7(15)4-17-6(2)14/h3-4H2,1-2H3,(H,12,13,15). The Hall–Kier alpha value is -1.69. The van der Waals surface area contributed by atoms with E-state index in [1.807, 2.05) is 0 Å². The number of amidine groups is 1. The van der Waals surface area contributed by atoms with E-state index in [-0.39, 0.29) is 17.4 Å². The van der Waals surface area contributed by atoms with Crippen molar-refractivity contribution < 1.29 is 19.1 Å². The van der Waals surface area contributed by atoms with Crippen LogP contribution in [0.4, 0.5) is 0 Å². The number of aliphatic imine (C=N–C) groups is 1. The number of nitrogens with zero attached hydrogens (tertiary/aromatic N) is 1. The molecule has 0 atom stereocenters. The number of halogens is 1. The van der Waals surface area contributed by atoms with Gasteiger partial charge < -0.3 is 10.1 Å². The topological polar surface area (TPSA) is 84.8 Å². The molecular weight excluding hydrogens is 248 g/mol. The quantitative estimate of drug-likeness (QED) is 0.715. The largest absolute Gasteiger partial charge is 0.456 e. The molecule has 17 heavy (non-hydrogen) atoms. The molecule has 1 aliphatic heterocycles. The Bertz CT molecular complexity index is 440. The normalized spacial score (nSPS) is 15.5. The average Bonchev–Trinajstić information content (AvgIpc) is 2.27.